The number of rotatable bonds is 2. The number of thiophene rings is 1. The SMILES string of the molecule is CN1C(=O)[C@]2(CCCN(C(=O)NCc3cccs3)C2)c2ccccc21. The van der Waals surface area contributed by atoms with Gasteiger partial charge in [0, 0.05) is 30.7 Å². The van der Waals surface area contributed by atoms with Gasteiger partial charge in [-0.1, -0.05) is 24.3 Å². The first-order valence-electron chi connectivity index (χ1n) is 8.55. The van der Waals surface area contributed by atoms with Gasteiger partial charge in [0.05, 0.1) is 12.0 Å². The fraction of sp³-hybridized carbons (Fsp3) is 0.368. The maximum Gasteiger partial charge on any atom is 0.317 e. The van der Waals surface area contributed by atoms with E-state index in [1.54, 1.807) is 21.1 Å². The zero-order valence-electron chi connectivity index (χ0n) is 14.2. The van der Waals surface area contributed by atoms with Gasteiger partial charge in [0.25, 0.3) is 0 Å². The first kappa shape index (κ1) is 16.1. The molecule has 0 saturated carbocycles. The number of carbonyl (C=O) groups is 2. The summed E-state index contributed by atoms with van der Waals surface area (Å²) in [4.78, 5) is 30.3. The van der Waals surface area contributed by atoms with Crippen LogP contribution in [0, 0.1) is 0 Å². The Morgan fingerprint density at radius 1 is 1.28 bits per heavy atom. The predicted molar refractivity (Wildman–Crippen MR) is 98.9 cm³/mol. The first-order valence-corrected chi connectivity index (χ1v) is 9.43. The van der Waals surface area contributed by atoms with Crippen LogP contribution in [0.3, 0.4) is 0 Å². The van der Waals surface area contributed by atoms with Gasteiger partial charge in [-0.15, -0.1) is 11.3 Å². The Labute approximate surface area is 151 Å². The predicted octanol–water partition coefficient (Wildman–Crippen LogP) is 2.97. The Hall–Kier alpha value is -2.34. The molecule has 4 rings (SSSR count). The van der Waals surface area contributed by atoms with Crippen LogP contribution < -0.4 is 10.2 Å². The second-order valence-electron chi connectivity index (χ2n) is 6.73. The largest absolute Gasteiger partial charge is 0.333 e. The highest BCUT2D eigenvalue weighted by Gasteiger charge is 2.52. The van der Waals surface area contributed by atoms with Gasteiger partial charge in [0.15, 0.2) is 0 Å². The van der Waals surface area contributed by atoms with E-state index in [2.05, 4.69) is 5.32 Å². The molecular weight excluding hydrogens is 334 g/mol. The number of amides is 3. The van der Waals surface area contributed by atoms with E-state index in [-0.39, 0.29) is 11.9 Å². The highest BCUT2D eigenvalue weighted by Crippen LogP contribution is 2.46. The Balaban J connectivity index is 1.54. The average molecular weight is 355 g/mol. The molecule has 0 bridgehead atoms. The van der Waals surface area contributed by atoms with Crippen molar-refractivity contribution in [2.24, 2.45) is 0 Å². The Morgan fingerprint density at radius 3 is 2.92 bits per heavy atom. The van der Waals surface area contributed by atoms with Crippen LogP contribution in [0.1, 0.15) is 23.3 Å². The van der Waals surface area contributed by atoms with Gasteiger partial charge < -0.3 is 15.1 Å². The number of likely N-dealkylation sites (tertiary alicyclic amines) is 1. The summed E-state index contributed by atoms with van der Waals surface area (Å²) >= 11 is 1.63. The number of para-hydroxylation sites is 1. The molecule has 1 saturated heterocycles. The van der Waals surface area contributed by atoms with Crippen LogP contribution in [0.5, 0.6) is 0 Å². The van der Waals surface area contributed by atoms with Crippen molar-refractivity contribution >= 4 is 29.0 Å². The summed E-state index contributed by atoms with van der Waals surface area (Å²) in [6.45, 7) is 1.67. The Bertz CT molecular complexity index is 805. The number of urea groups is 1. The molecule has 1 fully saturated rings. The smallest absolute Gasteiger partial charge is 0.317 e. The number of likely N-dealkylation sites (N-methyl/N-ethyl adjacent to an activating group) is 1. The zero-order valence-corrected chi connectivity index (χ0v) is 15.0. The summed E-state index contributed by atoms with van der Waals surface area (Å²) in [5.74, 6) is 0.101. The van der Waals surface area contributed by atoms with Crippen molar-refractivity contribution in [1.29, 1.82) is 0 Å². The number of benzene rings is 1. The third kappa shape index (κ3) is 2.61. The van der Waals surface area contributed by atoms with E-state index >= 15 is 0 Å². The maximum atomic E-state index is 13.0. The number of piperidine rings is 1. The highest BCUT2D eigenvalue weighted by molar-refractivity contribution is 7.09. The summed E-state index contributed by atoms with van der Waals surface area (Å²) < 4.78 is 0. The molecule has 1 spiro atoms. The number of hydrogen-bond donors (Lipinski definition) is 1. The van der Waals surface area contributed by atoms with Crippen molar-refractivity contribution in [3.63, 3.8) is 0 Å². The molecule has 1 atom stereocenters. The molecule has 0 unspecified atom stereocenters. The Kier molecular flexibility index (Phi) is 4.00. The molecule has 2 aliphatic heterocycles. The Morgan fingerprint density at radius 2 is 2.12 bits per heavy atom. The summed E-state index contributed by atoms with van der Waals surface area (Å²) in [5.41, 5.74) is 1.43. The van der Waals surface area contributed by atoms with E-state index in [4.69, 9.17) is 0 Å². The normalized spacial score (nSPS) is 22.4. The molecule has 3 amide bonds. The van der Waals surface area contributed by atoms with Crippen LogP contribution >= 0.6 is 11.3 Å². The quantitative estimate of drug-likeness (QED) is 0.900. The first-order chi connectivity index (χ1) is 12.1. The third-order valence-corrected chi connectivity index (χ3v) is 6.14. The lowest BCUT2D eigenvalue weighted by atomic mass is 9.75. The molecule has 3 heterocycles. The fourth-order valence-electron chi connectivity index (χ4n) is 4.03. The maximum absolute atomic E-state index is 13.0. The summed E-state index contributed by atoms with van der Waals surface area (Å²) in [6.07, 6.45) is 1.63. The summed E-state index contributed by atoms with van der Waals surface area (Å²) in [5, 5.41) is 4.98. The van der Waals surface area contributed by atoms with Crippen LogP contribution in [0.2, 0.25) is 0 Å². The van der Waals surface area contributed by atoms with Crippen LogP contribution in [-0.4, -0.2) is 37.0 Å². The molecule has 1 N–H and O–H groups in total. The monoisotopic (exact) mass is 355 g/mol. The lowest BCUT2D eigenvalue weighted by Crippen LogP contribution is -2.55. The van der Waals surface area contributed by atoms with Crippen molar-refractivity contribution in [2.45, 2.75) is 24.8 Å². The van der Waals surface area contributed by atoms with E-state index in [0.717, 1.165) is 29.0 Å². The average Bonchev–Trinajstić information content (AvgIpc) is 3.24. The molecule has 2 aromatic rings. The van der Waals surface area contributed by atoms with Gasteiger partial charge in [-0.3, -0.25) is 4.79 Å². The van der Waals surface area contributed by atoms with Crippen molar-refractivity contribution in [1.82, 2.24) is 10.2 Å². The van der Waals surface area contributed by atoms with Crippen molar-refractivity contribution < 1.29 is 9.59 Å². The van der Waals surface area contributed by atoms with E-state index in [0.29, 0.717) is 19.6 Å². The summed E-state index contributed by atoms with van der Waals surface area (Å²) in [6, 6.07) is 11.8. The molecule has 130 valence electrons. The zero-order chi connectivity index (χ0) is 17.4. The minimum atomic E-state index is -0.593. The minimum absolute atomic E-state index is 0.0905. The number of anilines is 1. The number of hydrogen-bond acceptors (Lipinski definition) is 3. The van der Waals surface area contributed by atoms with Crippen LogP contribution in [0.15, 0.2) is 41.8 Å². The van der Waals surface area contributed by atoms with Crippen LogP contribution in [0.25, 0.3) is 0 Å². The van der Waals surface area contributed by atoms with Gasteiger partial charge in [-0.05, 0) is 35.9 Å². The molecule has 25 heavy (non-hydrogen) atoms. The summed E-state index contributed by atoms with van der Waals surface area (Å²) in [7, 11) is 1.83. The van der Waals surface area contributed by atoms with E-state index in [1.807, 2.05) is 48.8 Å². The van der Waals surface area contributed by atoms with Crippen LogP contribution in [-0.2, 0) is 16.8 Å². The topological polar surface area (TPSA) is 52.7 Å². The number of fused-ring (bicyclic) bond motifs is 2. The van der Waals surface area contributed by atoms with Gasteiger partial charge in [-0.2, -0.15) is 0 Å². The minimum Gasteiger partial charge on any atom is -0.333 e. The second-order valence-corrected chi connectivity index (χ2v) is 7.76. The van der Waals surface area contributed by atoms with E-state index in [1.165, 1.54) is 0 Å². The van der Waals surface area contributed by atoms with Gasteiger partial charge in [0.2, 0.25) is 5.91 Å². The van der Waals surface area contributed by atoms with Gasteiger partial charge in [0.1, 0.15) is 0 Å². The molecule has 5 nitrogen and oxygen atoms in total. The molecule has 0 aliphatic carbocycles. The number of carbonyl (C=O) groups excluding carboxylic acids is 2. The third-order valence-electron chi connectivity index (χ3n) is 5.27. The molecule has 0 radical (unpaired) electrons. The lowest BCUT2D eigenvalue weighted by Gasteiger charge is -2.39. The number of nitrogens with zero attached hydrogens (tertiary/aromatic N) is 2. The molecule has 6 heteroatoms. The van der Waals surface area contributed by atoms with Crippen molar-refractivity contribution in [2.75, 3.05) is 25.0 Å². The van der Waals surface area contributed by atoms with Crippen molar-refractivity contribution in [3.8, 4) is 0 Å². The molecule has 2 aliphatic rings. The molecule has 1 aromatic carbocycles. The molecular formula is C19H21N3O2S. The fourth-order valence-corrected chi connectivity index (χ4v) is 4.67. The van der Waals surface area contributed by atoms with Gasteiger partial charge in [-0.25, -0.2) is 4.79 Å². The van der Waals surface area contributed by atoms with Crippen LogP contribution in [0.4, 0.5) is 10.5 Å². The second kappa shape index (κ2) is 6.19. The van der Waals surface area contributed by atoms with E-state index in [9.17, 15) is 9.59 Å². The molecule has 1 aromatic heterocycles. The standard InChI is InChI=1S/C19H21N3O2S/c1-21-16-8-3-2-7-15(16)19(17(21)23)9-5-10-22(13-19)18(24)20-12-14-6-4-11-25-14/h2-4,6-8,11H,5,9-10,12-13H2,1H3,(H,20,24)/t19-/m0/s1. The number of nitrogens with one attached hydrogen (secondary N) is 1. The highest BCUT2D eigenvalue weighted by atomic mass is 32.1. The lowest BCUT2D eigenvalue weighted by molar-refractivity contribution is -0.124. The van der Waals surface area contributed by atoms with Gasteiger partial charge >= 0.3 is 6.03 Å². The van der Waals surface area contributed by atoms with Crippen molar-refractivity contribution in [3.05, 3.63) is 52.2 Å². The van der Waals surface area contributed by atoms with E-state index < -0.39 is 5.41 Å².